The largest absolute Gasteiger partial charge is 0.493 e. The van der Waals surface area contributed by atoms with E-state index in [0.717, 1.165) is 17.6 Å². The fourth-order valence-electron chi connectivity index (χ4n) is 2.49. The van der Waals surface area contributed by atoms with E-state index in [1.54, 1.807) is 0 Å². The molecule has 0 aliphatic carbocycles. The summed E-state index contributed by atoms with van der Waals surface area (Å²) < 4.78 is 28.3. The number of hydrogen-bond donors (Lipinski definition) is 2. The number of ether oxygens (including phenoxy) is 1. The maximum atomic E-state index is 12.2. The molecule has 0 fully saturated rings. The Morgan fingerprint density at radius 1 is 1.25 bits per heavy atom. The smallest absolute Gasteiger partial charge is 0.319 e. The molecule has 0 saturated carbocycles. The van der Waals surface area contributed by atoms with Crippen LogP contribution in [0.2, 0.25) is 0 Å². The van der Waals surface area contributed by atoms with E-state index in [-0.39, 0.29) is 17.1 Å². The van der Waals surface area contributed by atoms with Crippen molar-refractivity contribution in [3.63, 3.8) is 0 Å². The minimum atomic E-state index is -3.36. The van der Waals surface area contributed by atoms with Crippen LogP contribution in [0.5, 0.6) is 5.75 Å². The van der Waals surface area contributed by atoms with Crippen LogP contribution in [0.25, 0.3) is 0 Å². The molecule has 0 spiro atoms. The number of anilines is 1. The van der Waals surface area contributed by atoms with Crippen molar-refractivity contribution in [2.45, 2.75) is 17.5 Å². The van der Waals surface area contributed by atoms with Gasteiger partial charge in [0.05, 0.1) is 24.5 Å². The molecule has 2 heterocycles. The molecule has 0 bridgehead atoms. The molecule has 24 heavy (non-hydrogen) atoms. The molecule has 7 nitrogen and oxygen atoms in total. The van der Waals surface area contributed by atoms with Gasteiger partial charge in [0.25, 0.3) is 0 Å². The minimum absolute atomic E-state index is 0.0354. The average Bonchev–Trinajstić information content (AvgIpc) is 2.55. The molecule has 3 rings (SSSR count). The van der Waals surface area contributed by atoms with Gasteiger partial charge in [0, 0.05) is 18.2 Å². The molecule has 8 heteroatoms. The van der Waals surface area contributed by atoms with Crippen molar-refractivity contribution >= 4 is 21.6 Å². The van der Waals surface area contributed by atoms with E-state index in [1.807, 2.05) is 24.3 Å². The lowest BCUT2D eigenvalue weighted by Gasteiger charge is -2.26. The number of carbonyl (C=O) groups is 1. The Balaban J connectivity index is 1.66. The van der Waals surface area contributed by atoms with Crippen LogP contribution in [-0.2, 0) is 9.84 Å². The van der Waals surface area contributed by atoms with Gasteiger partial charge in [-0.15, -0.1) is 0 Å². The molecule has 2 N–H and O–H groups in total. The van der Waals surface area contributed by atoms with Crippen LogP contribution in [0, 0.1) is 0 Å². The molecule has 0 radical (unpaired) electrons. The Kier molecular flexibility index (Phi) is 4.39. The van der Waals surface area contributed by atoms with Crippen LogP contribution in [0.15, 0.2) is 47.6 Å². The third-order valence-electron chi connectivity index (χ3n) is 3.64. The molecule has 1 atom stereocenters. The number of nitrogens with one attached hydrogen (secondary N) is 2. The quantitative estimate of drug-likeness (QED) is 0.886. The van der Waals surface area contributed by atoms with Crippen LogP contribution in [0.3, 0.4) is 0 Å². The summed E-state index contributed by atoms with van der Waals surface area (Å²) in [5.41, 5.74) is 1.35. The monoisotopic (exact) mass is 347 g/mol. The molecule has 1 unspecified atom stereocenters. The van der Waals surface area contributed by atoms with Crippen molar-refractivity contribution in [3.8, 4) is 5.75 Å². The van der Waals surface area contributed by atoms with Gasteiger partial charge in [-0.05, 0) is 18.2 Å². The number of pyridine rings is 1. The summed E-state index contributed by atoms with van der Waals surface area (Å²) in [6.07, 6.45) is 3.07. The van der Waals surface area contributed by atoms with E-state index >= 15 is 0 Å². The van der Waals surface area contributed by atoms with E-state index in [0.29, 0.717) is 18.7 Å². The number of rotatable bonds is 3. The predicted octanol–water partition coefficient (Wildman–Crippen LogP) is 2.13. The van der Waals surface area contributed by atoms with Gasteiger partial charge in [0.1, 0.15) is 5.75 Å². The Morgan fingerprint density at radius 2 is 2.04 bits per heavy atom. The molecule has 1 aromatic carbocycles. The topological polar surface area (TPSA) is 97.4 Å². The molecule has 126 valence electrons. The number of para-hydroxylation sites is 1. The van der Waals surface area contributed by atoms with Crippen LogP contribution in [0.1, 0.15) is 18.0 Å². The number of urea groups is 1. The van der Waals surface area contributed by atoms with Gasteiger partial charge in [-0.2, -0.15) is 0 Å². The van der Waals surface area contributed by atoms with E-state index in [2.05, 4.69) is 15.6 Å². The zero-order valence-electron chi connectivity index (χ0n) is 13.0. The number of aromatic nitrogens is 1. The standard InChI is InChI=1S/C16H17N3O4S/c1-24(21,22)15-7-6-11(10-17-15)18-16(20)19-13-8-9-23-14-5-3-2-4-12(13)14/h2-7,10,13H,8-9H2,1H3,(H2,18,19,20). The Morgan fingerprint density at radius 3 is 2.75 bits per heavy atom. The first-order valence-corrected chi connectivity index (χ1v) is 9.28. The maximum absolute atomic E-state index is 12.2. The third-order valence-corrected chi connectivity index (χ3v) is 4.64. The number of amides is 2. The molecule has 2 aromatic rings. The summed E-state index contributed by atoms with van der Waals surface area (Å²) in [6, 6.07) is 9.90. The number of fused-ring (bicyclic) bond motifs is 1. The highest BCUT2D eigenvalue weighted by atomic mass is 32.2. The highest BCUT2D eigenvalue weighted by molar-refractivity contribution is 7.90. The maximum Gasteiger partial charge on any atom is 0.319 e. The van der Waals surface area contributed by atoms with Gasteiger partial charge >= 0.3 is 6.03 Å². The number of sulfone groups is 1. The summed E-state index contributed by atoms with van der Waals surface area (Å²) in [5, 5.41) is 5.51. The Hall–Kier alpha value is -2.61. The van der Waals surface area contributed by atoms with Gasteiger partial charge in [-0.1, -0.05) is 18.2 Å². The highest BCUT2D eigenvalue weighted by Gasteiger charge is 2.22. The summed E-state index contributed by atoms with van der Waals surface area (Å²) in [4.78, 5) is 16.0. The first kappa shape index (κ1) is 16.3. The van der Waals surface area contributed by atoms with Crippen molar-refractivity contribution in [1.29, 1.82) is 0 Å². The molecular formula is C16H17N3O4S. The molecule has 0 saturated heterocycles. The summed E-state index contributed by atoms with van der Waals surface area (Å²) in [6.45, 7) is 0.534. The van der Waals surface area contributed by atoms with Crippen LogP contribution in [-0.4, -0.2) is 32.3 Å². The first-order valence-electron chi connectivity index (χ1n) is 7.39. The van der Waals surface area contributed by atoms with E-state index in [1.165, 1.54) is 18.3 Å². The van der Waals surface area contributed by atoms with Crippen LogP contribution >= 0.6 is 0 Å². The van der Waals surface area contributed by atoms with Crippen LogP contribution in [0.4, 0.5) is 10.5 Å². The summed E-state index contributed by atoms with van der Waals surface area (Å²) >= 11 is 0. The number of carbonyl (C=O) groups excluding carboxylic acids is 1. The van der Waals surface area contributed by atoms with Gasteiger partial charge in [-0.25, -0.2) is 18.2 Å². The lowest BCUT2D eigenvalue weighted by molar-refractivity contribution is 0.232. The Bertz CT molecular complexity index is 850. The third kappa shape index (κ3) is 3.65. The number of nitrogens with zero attached hydrogens (tertiary/aromatic N) is 1. The van der Waals surface area contributed by atoms with E-state index in [9.17, 15) is 13.2 Å². The van der Waals surface area contributed by atoms with Crippen molar-refractivity contribution in [2.75, 3.05) is 18.2 Å². The lowest BCUT2D eigenvalue weighted by Crippen LogP contribution is -2.35. The second-order valence-electron chi connectivity index (χ2n) is 5.48. The van der Waals surface area contributed by atoms with Crippen molar-refractivity contribution in [2.24, 2.45) is 0 Å². The van der Waals surface area contributed by atoms with Crippen molar-refractivity contribution in [1.82, 2.24) is 10.3 Å². The molecule has 1 aliphatic heterocycles. The first-order chi connectivity index (χ1) is 11.4. The zero-order chi connectivity index (χ0) is 17.2. The van der Waals surface area contributed by atoms with E-state index < -0.39 is 9.84 Å². The van der Waals surface area contributed by atoms with Crippen LogP contribution < -0.4 is 15.4 Å². The fraction of sp³-hybridized carbons (Fsp3) is 0.250. The molecule has 1 aliphatic rings. The van der Waals surface area contributed by atoms with Crippen molar-refractivity contribution in [3.05, 3.63) is 48.2 Å². The van der Waals surface area contributed by atoms with E-state index in [4.69, 9.17) is 4.74 Å². The molecule has 1 aromatic heterocycles. The van der Waals surface area contributed by atoms with Gasteiger partial charge in [0.15, 0.2) is 14.9 Å². The second kappa shape index (κ2) is 6.48. The fourth-order valence-corrected chi connectivity index (χ4v) is 3.05. The number of benzene rings is 1. The normalized spacial score (nSPS) is 16.6. The molecular weight excluding hydrogens is 330 g/mol. The number of hydrogen-bond acceptors (Lipinski definition) is 5. The summed E-state index contributed by atoms with van der Waals surface area (Å²) in [7, 11) is -3.36. The van der Waals surface area contributed by atoms with Gasteiger partial charge in [0.2, 0.25) is 0 Å². The SMILES string of the molecule is CS(=O)(=O)c1ccc(NC(=O)NC2CCOc3ccccc32)cn1. The lowest BCUT2D eigenvalue weighted by atomic mass is 10.0. The second-order valence-corrected chi connectivity index (χ2v) is 7.45. The van der Waals surface area contributed by atoms with Gasteiger partial charge < -0.3 is 15.4 Å². The highest BCUT2D eigenvalue weighted by Crippen LogP contribution is 2.31. The average molecular weight is 347 g/mol. The predicted molar refractivity (Wildman–Crippen MR) is 88.8 cm³/mol. The Labute approximate surface area is 140 Å². The minimum Gasteiger partial charge on any atom is -0.493 e. The zero-order valence-corrected chi connectivity index (χ0v) is 13.8. The van der Waals surface area contributed by atoms with Gasteiger partial charge in [-0.3, -0.25) is 0 Å². The summed E-state index contributed by atoms with van der Waals surface area (Å²) in [5.74, 6) is 0.772. The van der Waals surface area contributed by atoms with Crippen molar-refractivity contribution < 1.29 is 17.9 Å². The molecule has 2 amide bonds.